The van der Waals surface area contributed by atoms with E-state index in [1.807, 2.05) is 0 Å². The smallest absolute Gasteiger partial charge is 0.326 e. The lowest BCUT2D eigenvalue weighted by molar-refractivity contribution is -0.145. The minimum absolute atomic E-state index is 0.253. The molecule has 0 spiro atoms. The molecule has 1 fully saturated rings. The van der Waals surface area contributed by atoms with Crippen molar-refractivity contribution in [1.29, 1.82) is 0 Å². The van der Waals surface area contributed by atoms with Gasteiger partial charge in [-0.05, 0) is 5.41 Å². The number of nitrogens with one attached hydrogen (secondary N) is 1. The summed E-state index contributed by atoms with van der Waals surface area (Å²) in [5.74, 6) is -1.85. The Kier molecular flexibility index (Phi) is 4.11. The number of ether oxygens (including phenoxy) is 1. The number of nitrogens with two attached hydrogens (primary N) is 1. The molecule has 98 valence electrons. The van der Waals surface area contributed by atoms with Gasteiger partial charge in [-0.25, -0.2) is 4.79 Å². The summed E-state index contributed by atoms with van der Waals surface area (Å²) in [6, 6.07) is -1.28. The standard InChI is InChI=1S/C11H20N2O4/c1-11(2,3)8(10(15)16)13-9(14)6-4-17-5-7(6)12/h6-8H,4-5,12H2,1-3H3,(H,13,14)(H,15,16)/t6?,7?,8-/m0/s1. The molecule has 1 saturated heterocycles. The molecule has 4 N–H and O–H groups in total. The molecule has 1 aliphatic heterocycles. The number of carboxylic acid groups (broad SMARTS) is 1. The molecular weight excluding hydrogens is 224 g/mol. The Morgan fingerprint density at radius 3 is 2.35 bits per heavy atom. The van der Waals surface area contributed by atoms with Crippen LogP contribution in [-0.2, 0) is 14.3 Å². The zero-order chi connectivity index (χ0) is 13.2. The summed E-state index contributed by atoms with van der Waals surface area (Å²) >= 11 is 0. The highest BCUT2D eigenvalue weighted by atomic mass is 16.5. The first-order chi connectivity index (χ1) is 7.73. The van der Waals surface area contributed by atoms with Crippen molar-refractivity contribution < 1.29 is 19.4 Å². The number of aliphatic carboxylic acids is 1. The van der Waals surface area contributed by atoms with Crippen LogP contribution in [0.3, 0.4) is 0 Å². The van der Waals surface area contributed by atoms with Gasteiger partial charge < -0.3 is 20.9 Å². The fraction of sp³-hybridized carbons (Fsp3) is 0.818. The van der Waals surface area contributed by atoms with E-state index in [1.165, 1.54) is 0 Å². The summed E-state index contributed by atoms with van der Waals surface area (Å²) in [5.41, 5.74) is 5.16. The third-order valence-electron chi connectivity index (χ3n) is 2.86. The Hall–Kier alpha value is -1.14. The summed E-state index contributed by atoms with van der Waals surface area (Å²) in [6.07, 6.45) is 0. The molecule has 2 unspecified atom stereocenters. The molecule has 0 saturated carbocycles. The lowest BCUT2D eigenvalue weighted by atomic mass is 9.86. The van der Waals surface area contributed by atoms with Gasteiger partial charge in [0.25, 0.3) is 0 Å². The Bertz CT molecular complexity index is 311. The topological polar surface area (TPSA) is 102 Å². The molecule has 0 aliphatic carbocycles. The lowest BCUT2D eigenvalue weighted by Crippen LogP contribution is -2.53. The summed E-state index contributed by atoms with van der Waals surface area (Å²) in [4.78, 5) is 23.0. The van der Waals surface area contributed by atoms with E-state index in [2.05, 4.69) is 5.32 Å². The van der Waals surface area contributed by atoms with Crippen molar-refractivity contribution >= 4 is 11.9 Å². The molecule has 0 bridgehead atoms. The molecule has 6 heteroatoms. The Balaban J connectivity index is 2.68. The number of carbonyl (C=O) groups excluding carboxylic acids is 1. The monoisotopic (exact) mass is 244 g/mol. The van der Waals surface area contributed by atoms with E-state index in [1.54, 1.807) is 20.8 Å². The fourth-order valence-corrected chi connectivity index (χ4v) is 1.74. The van der Waals surface area contributed by atoms with Gasteiger partial charge in [0, 0.05) is 6.04 Å². The number of amides is 1. The van der Waals surface area contributed by atoms with Gasteiger partial charge in [0.1, 0.15) is 6.04 Å². The maximum absolute atomic E-state index is 11.9. The molecule has 1 heterocycles. The van der Waals surface area contributed by atoms with Gasteiger partial charge >= 0.3 is 5.97 Å². The van der Waals surface area contributed by atoms with Crippen LogP contribution >= 0.6 is 0 Å². The van der Waals surface area contributed by atoms with Crippen LogP contribution in [-0.4, -0.2) is 42.3 Å². The van der Waals surface area contributed by atoms with Crippen LogP contribution in [0.5, 0.6) is 0 Å². The summed E-state index contributed by atoms with van der Waals surface area (Å²) < 4.78 is 5.08. The van der Waals surface area contributed by atoms with Crippen LogP contribution in [0, 0.1) is 11.3 Å². The Labute approximate surface area is 101 Å². The second kappa shape index (κ2) is 5.01. The Morgan fingerprint density at radius 2 is 2.00 bits per heavy atom. The average molecular weight is 244 g/mol. The summed E-state index contributed by atoms with van der Waals surface area (Å²) in [6.45, 7) is 5.88. The number of hydrogen-bond acceptors (Lipinski definition) is 4. The third-order valence-corrected chi connectivity index (χ3v) is 2.86. The first-order valence-electron chi connectivity index (χ1n) is 5.60. The van der Waals surface area contributed by atoms with E-state index in [0.29, 0.717) is 6.61 Å². The van der Waals surface area contributed by atoms with E-state index in [9.17, 15) is 9.59 Å². The lowest BCUT2D eigenvalue weighted by Gasteiger charge is -2.29. The normalized spacial score (nSPS) is 26.6. The molecule has 1 aliphatic rings. The van der Waals surface area contributed by atoms with Gasteiger partial charge in [-0.15, -0.1) is 0 Å². The predicted octanol–water partition coefficient (Wildman–Crippen LogP) is -0.424. The van der Waals surface area contributed by atoms with Crippen LogP contribution < -0.4 is 11.1 Å². The van der Waals surface area contributed by atoms with Crippen molar-refractivity contribution in [3.8, 4) is 0 Å². The van der Waals surface area contributed by atoms with Crippen LogP contribution in [0.25, 0.3) is 0 Å². The molecule has 0 aromatic heterocycles. The van der Waals surface area contributed by atoms with Gasteiger partial charge in [-0.1, -0.05) is 20.8 Å². The quantitative estimate of drug-likeness (QED) is 0.625. The zero-order valence-corrected chi connectivity index (χ0v) is 10.4. The first-order valence-corrected chi connectivity index (χ1v) is 5.60. The summed E-state index contributed by atoms with van der Waals surface area (Å²) in [5, 5.41) is 11.6. The van der Waals surface area contributed by atoms with Crippen LogP contribution in [0.4, 0.5) is 0 Å². The van der Waals surface area contributed by atoms with Crippen molar-refractivity contribution in [2.45, 2.75) is 32.9 Å². The second-order valence-electron chi connectivity index (χ2n) is 5.45. The van der Waals surface area contributed by atoms with Crippen molar-refractivity contribution in [3.63, 3.8) is 0 Å². The third kappa shape index (κ3) is 3.41. The second-order valence-corrected chi connectivity index (χ2v) is 5.45. The van der Waals surface area contributed by atoms with E-state index >= 15 is 0 Å². The van der Waals surface area contributed by atoms with Crippen LogP contribution in [0.1, 0.15) is 20.8 Å². The van der Waals surface area contributed by atoms with E-state index in [4.69, 9.17) is 15.6 Å². The van der Waals surface area contributed by atoms with E-state index < -0.39 is 23.3 Å². The molecule has 17 heavy (non-hydrogen) atoms. The fourth-order valence-electron chi connectivity index (χ4n) is 1.74. The van der Waals surface area contributed by atoms with Crippen molar-refractivity contribution in [3.05, 3.63) is 0 Å². The van der Waals surface area contributed by atoms with Crippen molar-refractivity contribution in [2.24, 2.45) is 17.1 Å². The maximum Gasteiger partial charge on any atom is 0.326 e. The predicted molar refractivity (Wildman–Crippen MR) is 61.3 cm³/mol. The maximum atomic E-state index is 11.9. The Morgan fingerprint density at radius 1 is 1.41 bits per heavy atom. The van der Waals surface area contributed by atoms with E-state index in [-0.39, 0.29) is 18.6 Å². The molecule has 3 atom stereocenters. The van der Waals surface area contributed by atoms with Gasteiger partial charge in [0.15, 0.2) is 0 Å². The average Bonchev–Trinajstić information content (AvgIpc) is 2.58. The molecule has 1 amide bonds. The number of carboxylic acids is 1. The van der Waals surface area contributed by atoms with Gasteiger partial charge in [-0.3, -0.25) is 4.79 Å². The van der Waals surface area contributed by atoms with Crippen LogP contribution in [0.15, 0.2) is 0 Å². The first kappa shape index (κ1) is 13.9. The SMILES string of the molecule is CC(C)(C)[C@@H](NC(=O)C1COCC1N)C(=O)O. The van der Waals surface area contributed by atoms with Gasteiger partial charge in [0.2, 0.25) is 5.91 Å². The number of carbonyl (C=O) groups is 2. The molecule has 0 radical (unpaired) electrons. The highest BCUT2D eigenvalue weighted by molar-refractivity contribution is 5.86. The molecular formula is C11H20N2O4. The summed E-state index contributed by atoms with van der Waals surface area (Å²) in [7, 11) is 0. The molecule has 1 rings (SSSR count). The highest BCUT2D eigenvalue weighted by Crippen LogP contribution is 2.21. The minimum Gasteiger partial charge on any atom is -0.480 e. The van der Waals surface area contributed by atoms with Crippen molar-refractivity contribution in [1.82, 2.24) is 5.32 Å². The number of rotatable bonds is 3. The minimum atomic E-state index is -1.04. The largest absolute Gasteiger partial charge is 0.480 e. The number of hydrogen-bond donors (Lipinski definition) is 3. The zero-order valence-electron chi connectivity index (χ0n) is 10.4. The molecule has 0 aromatic carbocycles. The van der Waals surface area contributed by atoms with Crippen LogP contribution in [0.2, 0.25) is 0 Å². The highest BCUT2D eigenvalue weighted by Gasteiger charge is 2.37. The van der Waals surface area contributed by atoms with Gasteiger partial charge in [-0.2, -0.15) is 0 Å². The van der Waals surface area contributed by atoms with Gasteiger partial charge in [0.05, 0.1) is 19.1 Å². The van der Waals surface area contributed by atoms with Crippen molar-refractivity contribution in [2.75, 3.05) is 13.2 Å². The van der Waals surface area contributed by atoms with E-state index in [0.717, 1.165) is 0 Å². The molecule has 6 nitrogen and oxygen atoms in total. The molecule has 0 aromatic rings.